The lowest BCUT2D eigenvalue weighted by Gasteiger charge is -2.45. The minimum Gasteiger partial charge on any atom is -0.436 e. The average molecular weight is 1130 g/mol. The number of oxazole rings is 1. The number of aromatic nitrogens is 1. The molecule has 5 heterocycles. The van der Waals surface area contributed by atoms with Crippen molar-refractivity contribution < 1.29 is 63.5 Å². The van der Waals surface area contributed by atoms with Gasteiger partial charge in [0, 0.05) is 17.9 Å². The van der Waals surface area contributed by atoms with Gasteiger partial charge in [0.15, 0.2) is 23.7 Å². The van der Waals surface area contributed by atoms with Gasteiger partial charge < -0.3 is 88.3 Å². The van der Waals surface area contributed by atoms with Crippen LogP contribution in [-0.2, 0) is 46.3 Å². The number of hydrogen-bond donors (Lipinski definition) is 14. The summed E-state index contributed by atoms with van der Waals surface area (Å²) in [4.78, 5) is 102. The molecule has 6 amide bonds. The van der Waals surface area contributed by atoms with Crippen LogP contribution in [0.25, 0.3) is 33.7 Å². The van der Waals surface area contributed by atoms with Crippen molar-refractivity contribution >= 4 is 58.5 Å². The van der Waals surface area contributed by atoms with Crippen molar-refractivity contribution in [2.45, 2.75) is 111 Å². The maximum absolute atomic E-state index is 15.1. The van der Waals surface area contributed by atoms with E-state index in [0.29, 0.717) is 28.1 Å². The Morgan fingerprint density at radius 3 is 2.10 bits per heavy atom. The Labute approximate surface area is 469 Å². The number of hydrogen-bond acceptors (Lipinski definition) is 20. The summed E-state index contributed by atoms with van der Waals surface area (Å²) in [6, 6.07) is 18.7. The smallest absolute Gasteiger partial charge is 0.245 e. The molecular formula is C56H65N13O13. The fourth-order valence-corrected chi connectivity index (χ4v) is 11.2. The van der Waals surface area contributed by atoms with Crippen LogP contribution < -0.4 is 48.7 Å². The number of nitrogens with one attached hydrogen (secondary N) is 7. The number of carbonyl (C=O) groups excluding carboxylic acids is 6. The third-order valence-corrected chi connectivity index (χ3v) is 15.6. The van der Waals surface area contributed by atoms with Gasteiger partial charge in [0.2, 0.25) is 41.3 Å². The van der Waals surface area contributed by atoms with Crippen molar-refractivity contribution in [3.8, 4) is 22.6 Å². The van der Waals surface area contributed by atoms with Crippen molar-refractivity contribution in [2.24, 2.45) is 21.5 Å². The fraction of sp³-hybridized carbons (Fsp3) is 0.411. The first-order valence-electron chi connectivity index (χ1n) is 27.0. The summed E-state index contributed by atoms with van der Waals surface area (Å²) < 4.78 is 12.1. The van der Waals surface area contributed by atoms with Crippen LogP contribution in [-0.4, -0.2) is 189 Å². The molecule has 5 aromatic rings. The zero-order valence-corrected chi connectivity index (χ0v) is 44.5. The molecule has 0 radical (unpaired) electrons. The number of guanidine groups is 2. The second-order valence-electron chi connectivity index (χ2n) is 21.1. The van der Waals surface area contributed by atoms with Gasteiger partial charge in [-0.15, -0.1) is 0 Å². The Bertz CT molecular complexity index is 3300. The highest BCUT2D eigenvalue weighted by Crippen LogP contribution is 2.39. The van der Waals surface area contributed by atoms with Gasteiger partial charge in [0.05, 0.1) is 44.9 Å². The van der Waals surface area contributed by atoms with E-state index in [1.807, 2.05) is 24.3 Å². The maximum Gasteiger partial charge on any atom is 0.245 e. The molecule has 16 N–H and O–H groups in total. The van der Waals surface area contributed by atoms with Crippen LogP contribution in [0.5, 0.6) is 0 Å². The molecule has 432 valence electrons. The molecule has 2 fully saturated rings. The number of rotatable bonds is 12. The predicted octanol–water partition coefficient (Wildman–Crippen LogP) is -3.18. The number of nitrogens with two attached hydrogens (primary N) is 2. The van der Waals surface area contributed by atoms with Crippen LogP contribution in [0.1, 0.15) is 47.9 Å². The number of amides is 6. The lowest BCUT2D eigenvalue weighted by Crippen LogP contribution is -2.66. The van der Waals surface area contributed by atoms with Crippen LogP contribution >= 0.6 is 0 Å². The summed E-state index contributed by atoms with van der Waals surface area (Å²) in [6.45, 7) is -0.910. The molecule has 82 heavy (non-hydrogen) atoms. The van der Waals surface area contributed by atoms with Gasteiger partial charge in [0.25, 0.3) is 0 Å². The minimum atomic E-state index is -1.83. The molecule has 1 aliphatic carbocycles. The summed E-state index contributed by atoms with van der Waals surface area (Å²) in [5.74, 6) is -6.05. The number of aliphatic imine (C=N–C) groups is 2. The quantitative estimate of drug-likeness (QED) is 0.0575. The summed E-state index contributed by atoms with van der Waals surface area (Å²) in [5.41, 5.74) is 19.8. The molecule has 13 atom stereocenters. The predicted molar refractivity (Wildman–Crippen MR) is 295 cm³/mol. The molecule has 4 aromatic carbocycles. The molecule has 0 saturated carbocycles. The van der Waals surface area contributed by atoms with Crippen LogP contribution in [0.15, 0.2) is 105 Å². The number of carbonyl (C=O) groups is 6. The van der Waals surface area contributed by atoms with Crippen LogP contribution in [0, 0.1) is 0 Å². The fourth-order valence-electron chi connectivity index (χ4n) is 11.2. The SMILES string of the molecule is CC(c1ccccc1)[C@@H]1NC(=O)CNC(=O)[C@H](CO)NC(=O)[C@@H](CC2CN=C(N)N2[C@H]2O[C@H](CO)[C@@H](O)[C@H](O)[C@@H]2O)NC(=O)[C@H](CC2CN=C(N)N2)NC(=O)[C@@H](Cc2ccc3oc(-c4ccc5c(c4)Cc4ccccc4-5)nc3c2)NC1=O. The Balaban J connectivity index is 0.982. The highest BCUT2D eigenvalue weighted by atomic mass is 16.6. The van der Waals surface area contributed by atoms with Gasteiger partial charge in [-0.05, 0) is 76.9 Å². The number of nitrogens with zero attached hydrogens (tertiary/aromatic N) is 4. The van der Waals surface area contributed by atoms with Crippen molar-refractivity contribution in [3.63, 3.8) is 0 Å². The van der Waals surface area contributed by atoms with Crippen LogP contribution in [0.2, 0.25) is 0 Å². The van der Waals surface area contributed by atoms with E-state index >= 15 is 4.79 Å². The van der Waals surface area contributed by atoms with E-state index in [-0.39, 0.29) is 37.9 Å². The lowest BCUT2D eigenvalue weighted by molar-refractivity contribution is -0.258. The molecular weight excluding hydrogens is 1060 g/mol. The second kappa shape index (κ2) is 24.3. The van der Waals surface area contributed by atoms with Gasteiger partial charge in [-0.25, -0.2) is 4.98 Å². The molecule has 0 spiro atoms. The third-order valence-electron chi connectivity index (χ3n) is 15.6. The number of benzene rings is 4. The van der Waals surface area contributed by atoms with Crippen molar-refractivity contribution in [3.05, 3.63) is 113 Å². The first kappa shape index (κ1) is 56.7. The van der Waals surface area contributed by atoms with E-state index in [1.54, 1.807) is 55.5 Å². The molecule has 4 aliphatic heterocycles. The Kier molecular flexibility index (Phi) is 16.8. The Morgan fingerprint density at radius 1 is 0.671 bits per heavy atom. The Hall–Kier alpha value is -8.53. The molecule has 3 unspecified atom stereocenters. The van der Waals surface area contributed by atoms with Gasteiger partial charge in [-0.1, -0.05) is 73.7 Å². The first-order chi connectivity index (χ1) is 39.5. The van der Waals surface area contributed by atoms with E-state index in [2.05, 4.69) is 65.4 Å². The standard InChI is InChI=1S/C56H65N13O13/c1-26(28-7-3-2-4-8-28)44-52(80)65-37(16-27-11-14-41-36(15-27)67-53(81-41)30-12-13-35-31(18-30)17-29-9-5-6-10-34(29)35)49(77)63-38(19-32-21-60-55(57)62-32)50(78)64-39(51(79)66-40(24-70)48(76)59-23-43(72)68-44)20-33-22-61-56(58)69(33)54-47(75)46(74)45(73)42(25-71)82-54/h2-15,18,26,32-33,37-40,42,44-47,54,70-71,73-75H,16-17,19-25H2,1H3,(H2,58,61)(H,59,76)(H,63,77)(H,64,78)(H,65,80)(H,66,79)(H,68,72)(H3,57,60,62)/t26?,32?,33?,37-,38+,39-,40+,42-,44+,45-,46+,47+,54+/m1/s1. The molecule has 0 bridgehead atoms. The van der Waals surface area contributed by atoms with Crippen molar-refractivity contribution in [1.82, 2.24) is 47.1 Å². The molecule has 26 nitrogen and oxygen atoms in total. The second-order valence-corrected chi connectivity index (χ2v) is 21.1. The maximum atomic E-state index is 15.1. The number of fused-ring (bicyclic) bond motifs is 4. The van der Waals surface area contributed by atoms with Gasteiger partial charge >= 0.3 is 0 Å². The molecule has 1 aromatic heterocycles. The third kappa shape index (κ3) is 12.1. The van der Waals surface area contributed by atoms with Gasteiger partial charge in [-0.3, -0.25) is 38.8 Å². The lowest BCUT2D eigenvalue weighted by atomic mass is 9.92. The summed E-state index contributed by atoms with van der Waals surface area (Å²) >= 11 is 0. The van der Waals surface area contributed by atoms with E-state index in [4.69, 9.17) is 25.6 Å². The first-order valence-corrected chi connectivity index (χ1v) is 27.0. The van der Waals surface area contributed by atoms with E-state index in [1.165, 1.54) is 16.0 Å². The topological polar surface area (TPSA) is 403 Å². The van der Waals surface area contributed by atoms with Crippen LogP contribution in [0.4, 0.5) is 0 Å². The highest BCUT2D eigenvalue weighted by molar-refractivity contribution is 5.98. The molecule has 2 saturated heterocycles. The normalized spacial score (nSPS) is 28.6. The molecule has 10 rings (SSSR count). The minimum absolute atomic E-state index is 0.0634. The van der Waals surface area contributed by atoms with Gasteiger partial charge in [-0.2, -0.15) is 0 Å². The summed E-state index contributed by atoms with van der Waals surface area (Å²) in [7, 11) is 0. The van der Waals surface area contributed by atoms with E-state index < -0.39 is 140 Å². The zero-order chi connectivity index (χ0) is 57.9. The zero-order valence-electron chi connectivity index (χ0n) is 44.5. The molecule has 26 heteroatoms. The van der Waals surface area contributed by atoms with Crippen molar-refractivity contribution in [1.29, 1.82) is 0 Å². The highest BCUT2D eigenvalue weighted by Gasteiger charge is 2.50. The van der Waals surface area contributed by atoms with Crippen molar-refractivity contribution in [2.75, 3.05) is 32.8 Å². The number of ether oxygens (including phenoxy) is 1. The van der Waals surface area contributed by atoms with Crippen LogP contribution in [0.3, 0.4) is 0 Å². The van der Waals surface area contributed by atoms with E-state index in [0.717, 1.165) is 23.1 Å². The van der Waals surface area contributed by atoms with Gasteiger partial charge in [0.1, 0.15) is 60.1 Å². The molecule has 5 aliphatic rings. The number of aliphatic hydroxyl groups is 5. The largest absolute Gasteiger partial charge is 0.436 e. The number of aliphatic hydroxyl groups excluding tert-OH is 5. The average Bonchev–Trinajstić information content (AvgIpc) is 4.17. The monoisotopic (exact) mass is 1130 g/mol. The Morgan fingerprint density at radius 2 is 1.37 bits per heavy atom. The summed E-state index contributed by atoms with van der Waals surface area (Å²) in [6.07, 6.45) is -8.35. The van der Waals surface area contributed by atoms with E-state index in [9.17, 15) is 49.5 Å². The summed E-state index contributed by atoms with van der Waals surface area (Å²) in [5, 5.41) is 71.6.